The van der Waals surface area contributed by atoms with Crippen molar-refractivity contribution in [3.05, 3.63) is 24.3 Å². The minimum atomic E-state index is -3.72. The monoisotopic (exact) mass is 347 g/mol. The van der Waals surface area contributed by atoms with Crippen LogP contribution in [-0.4, -0.2) is 52.3 Å². The molecule has 0 saturated carbocycles. The molecule has 1 heterocycles. The van der Waals surface area contributed by atoms with Crippen LogP contribution in [0.1, 0.15) is 13.8 Å². The molecule has 0 aliphatic carbocycles. The second-order valence-corrected chi connectivity index (χ2v) is 10.1. The molecule has 1 aromatic rings. The molecule has 0 atom stereocenters. The van der Waals surface area contributed by atoms with Crippen LogP contribution in [0.4, 0.5) is 0 Å². The number of sulfone groups is 1. The summed E-state index contributed by atoms with van der Waals surface area (Å²) in [5.74, 6) is 0.376. The maximum Gasteiger partial charge on any atom is 0.246 e. The Bertz CT molecular complexity index is 734. The van der Waals surface area contributed by atoms with Gasteiger partial charge in [-0.1, -0.05) is 26.0 Å². The average molecular weight is 347 g/mol. The van der Waals surface area contributed by atoms with Gasteiger partial charge >= 0.3 is 0 Å². The highest BCUT2D eigenvalue weighted by Gasteiger charge is 2.44. The van der Waals surface area contributed by atoms with E-state index in [1.807, 2.05) is 13.8 Å². The first-order valence-electron chi connectivity index (χ1n) is 7.03. The third kappa shape index (κ3) is 3.28. The van der Waals surface area contributed by atoms with Gasteiger partial charge in [0.2, 0.25) is 10.0 Å². The molecule has 124 valence electrons. The lowest BCUT2D eigenvalue weighted by Crippen LogP contribution is -2.57. The third-order valence-electron chi connectivity index (χ3n) is 3.57. The Labute approximate surface area is 132 Å². The van der Waals surface area contributed by atoms with E-state index in [4.69, 9.17) is 4.74 Å². The van der Waals surface area contributed by atoms with Crippen molar-refractivity contribution >= 4 is 19.9 Å². The number of benzene rings is 1. The van der Waals surface area contributed by atoms with Gasteiger partial charge in [-0.3, -0.25) is 0 Å². The fourth-order valence-corrected chi connectivity index (χ4v) is 6.29. The van der Waals surface area contributed by atoms with Crippen molar-refractivity contribution in [1.82, 2.24) is 4.31 Å². The van der Waals surface area contributed by atoms with Crippen LogP contribution in [0.2, 0.25) is 0 Å². The van der Waals surface area contributed by atoms with Crippen molar-refractivity contribution in [3.63, 3.8) is 0 Å². The number of rotatable bonds is 6. The van der Waals surface area contributed by atoms with E-state index in [1.165, 1.54) is 17.5 Å². The Morgan fingerprint density at radius 1 is 1.18 bits per heavy atom. The maximum absolute atomic E-state index is 12.5. The lowest BCUT2D eigenvalue weighted by Gasteiger charge is -2.37. The van der Waals surface area contributed by atoms with Gasteiger partial charge < -0.3 is 4.74 Å². The van der Waals surface area contributed by atoms with Gasteiger partial charge in [0.15, 0.2) is 9.84 Å². The zero-order chi connectivity index (χ0) is 16.5. The van der Waals surface area contributed by atoms with Crippen LogP contribution in [-0.2, 0) is 19.9 Å². The number of sulfonamides is 1. The Hall–Kier alpha value is -1.12. The lowest BCUT2D eigenvalue weighted by molar-refractivity contribution is 0.307. The van der Waals surface area contributed by atoms with Crippen LogP contribution in [0.3, 0.4) is 0 Å². The molecule has 0 amide bonds. The number of ether oxygens (including phenoxy) is 1. The molecule has 0 unspecified atom stereocenters. The van der Waals surface area contributed by atoms with E-state index in [0.29, 0.717) is 0 Å². The van der Waals surface area contributed by atoms with Crippen LogP contribution in [0, 0.1) is 5.92 Å². The van der Waals surface area contributed by atoms with Crippen molar-refractivity contribution in [2.24, 2.45) is 5.92 Å². The molecule has 1 fully saturated rings. The summed E-state index contributed by atoms with van der Waals surface area (Å²) in [6.45, 7) is 3.68. The summed E-state index contributed by atoms with van der Waals surface area (Å²) in [6, 6.07) is 6.33. The second kappa shape index (κ2) is 6.17. The maximum atomic E-state index is 12.5. The van der Waals surface area contributed by atoms with Crippen molar-refractivity contribution in [1.29, 1.82) is 0 Å². The number of para-hydroxylation sites is 1. The molecule has 2 rings (SSSR count). The van der Waals surface area contributed by atoms with Crippen molar-refractivity contribution in [3.8, 4) is 5.75 Å². The summed E-state index contributed by atoms with van der Waals surface area (Å²) in [4.78, 5) is 0.0669. The first kappa shape index (κ1) is 17.2. The van der Waals surface area contributed by atoms with E-state index in [-0.39, 0.29) is 35.4 Å². The molecule has 1 aromatic carbocycles. The van der Waals surface area contributed by atoms with Crippen LogP contribution < -0.4 is 4.74 Å². The van der Waals surface area contributed by atoms with Crippen LogP contribution in [0.5, 0.6) is 5.75 Å². The molecule has 0 N–H and O–H groups in total. The average Bonchev–Trinajstić information content (AvgIpc) is 2.34. The van der Waals surface area contributed by atoms with Crippen molar-refractivity contribution in [2.45, 2.75) is 24.0 Å². The highest BCUT2D eigenvalue weighted by atomic mass is 32.2. The van der Waals surface area contributed by atoms with E-state index >= 15 is 0 Å². The first-order chi connectivity index (χ1) is 10.2. The molecule has 22 heavy (non-hydrogen) atoms. The normalized spacial score (nSPS) is 17.5. The molecule has 6 nitrogen and oxygen atoms in total. The number of nitrogens with zero attached hydrogens (tertiary/aromatic N) is 1. The summed E-state index contributed by atoms with van der Waals surface area (Å²) in [5, 5.41) is -0.612. The summed E-state index contributed by atoms with van der Waals surface area (Å²) in [5.41, 5.74) is 0. The van der Waals surface area contributed by atoms with Gasteiger partial charge in [0, 0.05) is 13.1 Å². The van der Waals surface area contributed by atoms with E-state index in [2.05, 4.69) is 0 Å². The lowest BCUT2D eigenvalue weighted by atomic mass is 10.3. The molecule has 0 aromatic heterocycles. The molecule has 1 aliphatic rings. The minimum Gasteiger partial charge on any atom is -0.495 e. The van der Waals surface area contributed by atoms with E-state index in [1.54, 1.807) is 18.2 Å². The summed E-state index contributed by atoms with van der Waals surface area (Å²) >= 11 is 0. The molecule has 0 radical (unpaired) electrons. The van der Waals surface area contributed by atoms with E-state index in [0.717, 1.165) is 0 Å². The minimum absolute atomic E-state index is 0.00936. The predicted molar refractivity (Wildman–Crippen MR) is 84.2 cm³/mol. The fourth-order valence-electron chi connectivity index (χ4n) is 2.40. The standard InChI is InChI=1S/C14H21NO5S2/c1-11(2)10-21(16,17)12-8-15(9-12)22(18,19)14-7-5-4-6-13(14)20-3/h4-7,11-12H,8-10H2,1-3H3. The zero-order valence-corrected chi connectivity index (χ0v) is 14.5. The molecule has 0 bridgehead atoms. The summed E-state index contributed by atoms with van der Waals surface area (Å²) < 4.78 is 55.6. The van der Waals surface area contributed by atoms with Gasteiger partial charge in [0.25, 0.3) is 0 Å². The fraction of sp³-hybridized carbons (Fsp3) is 0.571. The Morgan fingerprint density at radius 2 is 1.77 bits per heavy atom. The van der Waals surface area contributed by atoms with Gasteiger partial charge in [-0.2, -0.15) is 4.31 Å². The summed E-state index contributed by atoms with van der Waals surface area (Å²) in [6.07, 6.45) is 0. The van der Waals surface area contributed by atoms with Gasteiger partial charge in [-0.25, -0.2) is 16.8 Å². The topological polar surface area (TPSA) is 80.8 Å². The summed E-state index contributed by atoms with van der Waals surface area (Å²) in [7, 11) is -5.57. The van der Waals surface area contributed by atoms with Crippen LogP contribution in [0.25, 0.3) is 0 Å². The van der Waals surface area contributed by atoms with Crippen LogP contribution in [0.15, 0.2) is 29.2 Å². The Balaban J connectivity index is 2.16. The molecule has 1 aliphatic heterocycles. The highest BCUT2D eigenvalue weighted by molar-refractivity contribution is 7.92. The van der Waals surface area contributed by atoms with Gasteiger partial charge in [0.05, 0.1) is 18.1 Å². The van der Waals surface area contributed by atoms with Crippen molar-refractivity contribution < 1.29 is 21.6 Å². The third-order valence-corrected chi connectivity index (χ3v) is 7.89. The SMILES string of the molecule is COc1ccccc1S(=O)(=O)N1CC(S(=O)(=O)CC(C)C)C1. The number of methoxy groups -OCH3 is 1. The molecular weight excluding hydrogens is 326 g/mol. The predicted octanol–water partition coefficient (Wildman–Crippen LogP) is 1.14. The number of hydrogen-bond acceptors (Lipinski definition) is 5. The number of hydrogen-bond donors (Lipinski definition) is 0. The molecule has 8 heteroatoms. The van der Waals surface area contributed by atoms with E-state index in [9.17, 15) is 16.8 Å². The molecule has 0 spiro atoms. The van der Waals surface area contributed by atoms with Gasteiger partial charge in [0.1, 0.15) is 10.6 Å². The van der Waals surface area contributed by atoms with Gasteiger partial charge in [-0.15, -0.1) is 0 Å². The smallest absolute Gasteiger partial charge is 0.246 e. The van der Waals surface area contributed by atoms with E-state index < -0.39 is 25.1 Å². The molecular formula is C14H21NO5S2. The largest absolute Gasteiger partial charge is 0.495 e. The second-order valence-electron chi connectivity index (χ2n) is 5.82. The Morgan fingerprint density at radius 3 is 2.32 bits per heavy atom. The Kier molecular flexibility index (Phi) is 4.84. The highest BCUT2D eigenvalue weighted by Crippen LogP contribution is 2.31. The van der Waals surface area contributed by atoms with Crippen LogP contribution >= 0.6 is 0 Å². The quantitative estimate of drug-likeness (QED) is 0.771. The van der Waals surface area contributed by atoms with Crippen molar-refractivity contribution in [2.75, 3.05) is 26.0 Å². The zero-order valence-electron chi connectivity index (χ0n) is 12.9. The van der Waals surface area contributed by atoms with Gasteiger partial charge in [-0.05, 0) is 18.1 Å². The molecule has 1 saturated heterocycles. The first-order valence-corrected chi connectivity index (χ1v) is 10.2.